The first-order valence-electron chi connectivity index (χ1n) is 11.0. The van der Waals surface area contributed by atoms with Gasteiger partial charge in [-0.25, -0.2) is 8.42 Å². The first kappa shape index (κ1) is 25.4. The quantitative estimate of drug-likeness (QED) is 0.226. The Morgan fingerprint density at radius 2 is 1.87 bits per heavy atom. The largest absolute Gasteiger partial charge is 0.356 e. The lowest BCUT2D eigenvalue weighted by Crippen LogP contribution is -2.44. The molecule has 0 spiro atoms. The van der Waals surface area contributed by atoms with Gasteiger partial charge in [0.05, 0.1) is 11.5 Å². The highest BCUT2D eigenvalue weighted by Crippen LogP contribution is 2.21. The van der Waals surface area contributed by atoms with Gasteiger partial charge in [-0.1, -0.05) is 30.3 Å². The maximum absolute atomic E-state index is 11.6. The second-order valence-corrected chi connectivity index (χ2v) is 10.7. The van der Waals surface area contributed by atoms with E-state index in [1.807, 2.05) is 0 Å². The van der Waals surface area contributed by atoms with Crippen molar-refractivity contribution in [2.45, 2.75) is 44.6 Å². The van der Waals surface area contributed by atoms with E-state index in [0.717, 1.165) is 25.4 Å². The predicted molar refractivity (Wildman–Crippen MR) is 136 cm³/mol. The highest BCUT2D eigenvalue weighted by molar-refractivity contribution is 14.0. The van der Waals surface area contributed by atoms with Crippen LogP contribution in [0.2, 0.25) is 0 Å². The molecule has 2 aliphatic rings. The Hall–Kier alpha value is -0.870. The normalized spacial score (nSPS) is 22.4. The van der Waals surface area contributed by atoms with Crippen molar-refractivity contribution in [1.29, 1.82) is 0 Å². The van der Waals surface area contributed by atoms with Gasteiger partial charge in [0.25, 0.3) is 0 Å². The number of aliphatic imine (C=N–C) groups is 1. The Labute approximate surface area is 199 Å². The summed E-state index contributed by atoms with van der Waals surface area (Å²) in [7, 11) is -1.13. The molecule has 2 saturated heterocycles. The number of rotatable bonds is 8. The van der Waals surface area contributed by atoms with Gasteiger partial charge in [0.2, 0.25) is 0 Å². The summed E-state index contributed by atoms with van der Waals surface area (Å²) in [4.78, 5) is 6.81. The molecule has 1 aromatic carbocycles. The van der Waals surface area contributed by atoms with E-state index in [9.17, 15) is 8.42 Å². The van der Waals surface area contributed by atoms with Crippen LogP contribution in [0.5, 0.6) is 0 Å². The molecule has 3 rings (SSSR count). The molecule has 0 radical (unpaired) electrons. The highest BCUT2D eigenvalue weighted by atomic mass is 127. The Bertz CT molecular complexity index is 750. The summed E-state index contributed by atoms with van der Waals surface area (Å²) in [5.41, 5.74) is 1.47. The first-order chi connectivity index (χ1) is 14.0. The summed E-state index contributed by atoms with van der Waals surface area (Å²) in [6, 6.07) is 10.8. The number of guanidine groups is 1. The molecular weight excluding hydrogens is 511 g/mol. The van der Waals surface area contributed by atoms with Crippen LogP contribution in [0.25, 0.3) is 0 Å². The van der Waals surface area contributed by atoms with Crippen LogP contribution in [0.4, 0.5) is 0 Å². The summed E-state index contributed by atoms with van der Waals surface area (Å²) in [5.74, 6) is 2.04. The zero-order chi connectivity index (χ0) is 20.5. The van der Waals surface area contributed by atoms with Crippen LogP contribution in [-0.4, -0.2) is 70.1 Å². The van der Waals surface area contributed by atoms with Crippen molar-refractivity contribution in [3.63, 3.8) is 0 Å². The lowest BCUT2D eigenvalue weighted by Gasteiger charge is -2.32. The molecule has 0 saturated carbocycles. The number of sulfone groups is 1. The van der Waals surface area contributed by atoms with Crippen LogP contribution in [0.3, 0.4) is 0 Å². The minimum absolute atomic E-state index is 0. The molecule has 2 N–H and O–H groups in total. The third-order valence-corrected chi connectivity index (χ3v) is 7.83. The van der Waals surface area contributed by atoms with E-state index < -0.39 is 9.84 Å². The molecular formula is C22H37IN4O2S. The van der Waals surface area contributed by atoms with Crippen LogP contribution in [0.1, 0.15) is 37.7 Å². The van der Waals surface area contributed by atoms with Gasteiger partial charge in [0.1, 0.15) is 0 Å². The molecule has 0 amide bonds. The SMILES string of the molecule is CN=C(NCCCCN1CCC(Cc2ccccc2)CC1)NC1CCS(=O)(=O)C1.I. The Kier molecular flexibility index (Phi) is 10.9. The third kappa shape index (κ3) is 8.70. The number of hydrogen-bond donors (Lipinski definition) is 2. The van der Waals surface area contributed by atoms with Crippen molar-refractivity contribution < 1.29 is 8.42 Å². The number of halogens is 1. The monoisotopic (exact) mass is 548 g/mol. The van der Waals surface area contributed by atoms with Crippen molar-refractivity contribution in [1.82, 2.24) is 15.5 Å². The third-order valence-electron chi connectivity index (χ3n) is 6.06. The molecule has 1 atom stereocenters. The van der Waals surface area contributed by atoms with Gasteiger partial charge in [-0.3, -0.25) is 4.99 Å². The van der Waals surface area contributed by atoms with E-state index >= 15 is 0 Å². The minimum atomic E-state index is -2.86. The standard InChI is InChI=1S/C22H36N4O2S.HI/c1-23-22(25-21-11-16-29(27,28)18-21)24-12-5-6-13-26-14-9-20(10-15-26)17-19-7-3-2-4-8-19;/h2-4,7-8,20-21H,5-6,9-18H2,1H3,(H2,23,24,25);1H. The van der Waals surface area contributed by atoms with E-state index in [1.54, 1.807) is 7.05 Å². The lowest BCUT2D eigenvalue weighted by atomic mass is 9.90. The molecule has 6 nitrogen and oxygen atoms in total. The van der Waals surface area contributed by atoms with E-state index in [2.05, 4.69) is 50.9 Å². The van der Waals surface area contributed by atoms with E-state index in [1.165, 1.54) is 44.3 Å². The molecule has 2 aliphatic heterocycles. The summed E-state index contributed by atoms with van der Waals surface area (Å²) in [5, 5.41) is 6.56. The number of nitrogens with one attached hydrogen (secondary N) is 2. The van der Waals surface area contributed by atoms with Crippen molar-refractivity contribution in [2.75, 3.05) is 44.7 Å². The van der Waals surface area contributed by atoms with Gasteiger partial charge in [0, 0.05) is 19.6 Å². The van der Waals surface area contributed by atoms with Gasteiger partial charge in [-0.15, -0.1) is 24.0 Å². The minimum Gasteiger partial charge on any atom is -0.356 e. The van der Waals surface area contributed by atoms with Gasteiger partial charge in [-0.2, -0.15) is 0 Å². The van der Waals surface area contributed by atoms with Crippen LogP contribution < -0.4 is 10.6 Å². The molecule has 0 bridgehead atoms. The van der Waals surface area contributed by atoms with Crippen LogP contribution >= 0.6 is 24.0 Å². The van der Waals surface area contributed by atoms with Crippen molar-refractivity contribution in [2.24, 2.45) is 10.9 Å². The van der Waals surface area contributed by atoms with Crippen LogP contribution in [0, 0.1) is 5.92 Å². The van der Waals surface area contributed by atoms with E-state index in [4.69, 9.17) is 0 Å². The summed E-state index contributed by atoms with van der Waals surface area (Å²) in [6.45, 7) is 4.45. The molecule has 30 heavy (non-hydrogen) atoms. The average molecular weight is 549 g/mol. The van der Waals surface area contributed by atoms with E-state index in [-0.39, 0.29) is 41.5 Å². The van der Waals surface area contributed by atoms with Crippen LogP contribution in [-0.2, 0) is 16.3 Å². The molecule has 1 aromatic rings. The Balaban J connectivity index is 0.00000320. The Morgan fingerprint density at radius 1 is 1.13 bits per heavy atom. The smallest absolute Gasteiger partial charge is 0.191 e. The van der Waals surface area contributed by atoms with Gasteiger partial charge in [0.15, 0.2) is 15.8 Å². The fourth-order valence-electron chi connectivity index (χ4n) is 4.33. The number of likely N-dealkylation sites (tertiary alicyclic amines) is 1. The second-order valence-electron chi connectivity index (χ2n) is 8.43. The van der Waals surface area contributed by atoms with Gasteiger partial charge < -0.3 is 15.5 Å². The van der Waals surface area contributed by atoms with Crippen LogP contribution in [0.15, 0.2) is 35.3 Å². The maximum Gasteiger partial charge on any atom is 0.191 e. The predicted octanol–water partition coefficient (Wildman–Crippen LogP) is 2.69. The fourth-order valence-corrected chi connectivity index (χ4v) is 6.00. The summed E-state index contributed by atoms with van der Waals surface area (Å²) >= 11 is 0. The molecule has 2 fully saturated rings. The number of benzene rings is 1. The summed E-state index contributed by atoms with van der Waals surface area (Å²) < 4.78 is 23.1. The fraction of sp³-hybridized carbons (Fsp3) is 0.682. The molecule has 1 unspecified atom stereocenters. The Morgan fingerprint density at radius 3 is 2.50 bits per heavy atom. The molecule has 170 valence electrons. The number of piperidine rings is 1. The molecule has 2 heterocycles. The number of nitrogens with zero attached hydrogens (tertiary/aromatic N) is 2. The lowest BCUT2D eigenvalue weighted by molar-refractivity contribution is 0.181. The van der Waals surface area contributed by atoms with Crippen molar-refractivity contribution >= 4 is 39.8 Å². The van der Waals surface area contributed by atoms with Gasteiger partial charge >= 0.3 is 0 Å². The average Bonchev–Trinajstić information content (AvgIpc) is 3.07. The van der Waals surface area contributed by atoms with Crippen molar-refractivity contribution in [3.05, 3.63) is 35.9 Å². The van der Waals surface area contributed by atoms with E-state index in [0.29, 0.717) is 12.4 Å². The molecule has 0 aliphatic carbocycles. The molecule has 0 aromatic heterocycles. The number of hydrogen-bond acceptors (Lipinski definition) is 4. The molecule has 8 heteroatoms. The zero-order valence-electron chi connectivity index (χ0n) is 18.1. The highest BCUT2D eigenvalue weighted by Gasteiger charge is 2.28. The number of unbranched alkanes of at least 4 members (excludes halogenated alkanes) is 1. The first-order valence-corrected chi connectivity index (χ1v) is 12.8. The topological polar surface area (TPSA) is 73.8 Å². The second kappa shape index (κ2) is 12.9. The van der Waals surface area contributed by atoms with Crippen molar-refractivity contribution in [3.8, 4) is 0 Å². The zero-order valence-corrected chi connectivity index (χ0v) is 21.2. The summed E-state index contributed by atoms with van der Waals surface area (Å²) in [6.07, 6.45) is 6.75. The van der Waals surface area contributed by atoms with Gasteiger partial charge in [-0.05, 0) is 69.6 Å². The maximum atomic E-state index is 11.6.